The summed E-state index contributed by atoms with van der Waals surface area (Å²) in [5, 5.41) is 1.55. The first-order valence-corrected chi connectivity index (χ1v) is 6.80. The van der Waals surface area contributed by atoms with Gasteiger partial charge in [-0.3, -0.25) is 0 Å². The Labute approximate surface area is 115 Å². The van der Waals surface area contributed by atoms with Crippen LogP contribution in [0.15, 0.2) is 30.3 Å². The number of hydrogen-bond donors (Lipinski definition) is 0. The van der Waals surface area contributed by atoms with E-state index >= 15 is 0 Å². The van der Waals surface area contributed by atoms with Gasteiger partial charge in [0.2, 0.25) is 0 Å². The third kappa shape index (κ3) is 6.94. The van der Waals surface area contributed by atoms with Crippen LogP contribution in [-0.4, -0.2) is 37.8 Å². The summed E-state index contributed by atoms with van der Waals surface area (Å²) in [5.74, 6) is -0.324. The Morgan fingerprint density at radius 3 is 2.53 bits per heavy atom. The monoisotopic (exact) mass is 265 g/mol. The lowest BCUT2D eigenvalue weighted by molar-refractivity contribution is -0.0932. The molecule has 0 N–H and O–H groups in total. The Balaban J connectivity index is 2.14. The minimum atomic E-state index is -0.324. The van der Waals surface area contributed by atoms with Gasteiger partial charge in [-0.05, 0) is 25.0 Å². The van der Waals surface area contributed by atoms with Crippen LogP contribution in [-0.2, 0) is 9.57 Å². The van der Waals surface area contributed by atoms with E-state index in [4.69, 9.17) is 9.57 Å². The summed E-state index contributed by atoms with van der Waals surface area (Å²) in [4.78, 5) is 16.9. The fraction of sp³-hybridized carbons (Fsp3) is 0.533. The van der Waals surface area contributed by atoms with E-state index in [1.807, 2.05) is 18.2 Å². The van der Waals surface area contributed by atoms with E-state index in [2.05, 4.69) is 6.92 Å². The summed E-state index contributed by atoms with van der Waals surface area (Å²) in [5.41, 5.74) is 0.563. The minimum Gasteiger partial charge on any atom is -0.381 e. The van der Waals surface area contributed by atoms with Gasteiger partial charge in [-0.25, -0.2) is 4.79 Å². The molecule has 0 fully saturated rings. The molecule has 0 aliphatic carbocycles. The molecule has 0 bridgehead atoms. The first kappa shape index (κ1) is 15.7. The molecule has 0 spiro atoms. The molecule has 0 unspecified atom stereocenters. The number of carbonyl (C=O) groups excluding carboxylic acids is 1. The Morgan fingerprint density at radius 1 is 1.16 bits per heavy atom. The number of rotatable bonds is 9. The summed E-state index contributed by atoms with van der Waals surface area (Å²) in [6, 6.07) is 8.98. The maximum Gasteiger partial charge on any atom is 0.357 e. The summed E-state index contributed by atoms with van der Waals surface area (Å²) < 4.78 is 5.45. The smallest absolute Gasteiger partial charge is 0.357 e. The van der Waals surface area contributed by atoms with Gasteiger partial charge in [-0.1, -0.05) is 31.5 Å². The maximum atomic E-state index is 11.7. The molecule has 0 aromatic heterocycles. The van der Waals surface area contributed by atoms with Gasteiger partial charge in [-0.15, -0.1) is 5.06 Å². The molecule has 0 saturated carbocycles. The molecule has 4 nitrogen and oxygen atoms in total. The maximum absolute atomic E-state index is 11.7. The predicted molar refractivity (Wildman–Crippen MR) is 74.8 cm³/mol. The lowest BCUT2D eigenvalue weighted by Gasteiger charge is -2.16. The van der Waals surface area contributed by atoms with E-state index in [1.54, 1.807) is 24.2 Å². The molecular formula is C15H23NO3. The highest BCUT2D eigenvalue weighted by Crippen LogP contribution is 2.03. The Bertz CT molecular complexity index is 354. The molecule has 1 aromatic rings. The Hall–Kier alpha value is -1.39. The van der Waals surface area contributed by atoms with Crippen molar-refractivity contribution < 1.29 is 14.4 Å². The minimum absolute atomic E-state index is 0.324. The van der Waals surface area contributed by atoms with E-state index in [0.717, 1.165) is 25.9 Å². The van der Waals surface area contributed by atoms with Crippen molar-refractivity contribution in [1.82, 2.24) is 5.06 Å². The van der Waals surface area contributed by atoms with Crippen LogP contribution in [0.25, 0.3) is 0 Å². The zero-order valence-corrected chi connectivity index (χ0v) is 11.8. The first-order valence-electron chi connectivity index (χ1n) is 6.80. The molecule has 106 valence electrons. The van der Waals surface area contributed by atoms with Crippen molar-refractivity contribution in [2.24, 2.45) is 0 Å². The van der Waals surface area contributed by atoms with Crippen molar-refractivity contribution in [3.8, 4) is 0 Å². The first-order chi connectivity index (χ1) is 9.24. The van der Waals surface area contributed by atoms with E-state index in [0.29, 0.717) is 18.7 Å². The predicted octanol–water partition coefficient (Wildman–Crippen LogP) is 2.90. The number of ether oxygens (including phenoxy) is 1. The summed E-state index contributed by atoms with van der Waals surface area (Å²) in [6.45, 7) is 4.32. The molecule has 0 aliphatic rings. The summed E-state index contributed by atoms with van der Waals surface area (Å²) in [6.07, 6.45) is 3.09. The van der Waals surface area contributed by atoms with E-state index in [9.17, 15) is 4.79 Å². The summed E-state index contributed by atoms with van der Waals surface area (Å²) >= 11 is 0. The van der Waals surface area contributed by atoms with Crippen molar-refractivity contribution >= 4 is 5.97 Å². The average molecular weight is 265 g/mol. The molecule has 1 aromatic carbocycles. The van der Waals surface area contributed by atoms with Crippen molar-refractivity contribution in [3.05, 3.63) is 35.9 Å². The van der Waals surface area contributed by atoms with Crippen LogP contribution in [0.5, 0.6) is 0 Å². The van der Waals surface area contributed by atoms with Gasteiger partial charge < -0.3 is 9.57 Å². The molecule has 19 heavy (non-hydrogen) atoms. The highest BCUT2D eigenvalue weighted by molar-refractivity contribution is 5.89. The fourth-order valence-electron chi connectivity index (χ4n) is 1.55. The number of benzene rings is 1. The molecule has 0 aliphatic heterocycles. The van der Waals surface area contributed by atoms with Crippen molar-refractivity contribution in [3.63, 3.8) is 0 Å². The van der Waals surface area contributed by atoms with Gasteiger partial charge in [0.1, 0.15) is 0 Å². The lowest BCUT2D eigenvalue weighted by Crippen LogP contribution is -2.25. The molecule has 1 rings (SSSR count). The van der Waals surface area contributed by atoms with Crippen molar-refractivity contribution in [2.75, 3.05) is 26.8 Å². The molecule has 4 heteroatoms. The zero-order chi connectivity index (χ0) is 13.9. The molecular weight excluding hydrogens is 242 g/mol. The van der Waals surface area contributed by atoms with Crippen LogP contribution < -0.4 is 0 Å². The fourth-order valence-corrected chi connectivity index (χ4v) is 1.55. The zero-order valence-electron chi connectivity index (χ0n) is 11.8. The second-order valence-electron chi connectivity index (χ2n) is 4.42. The normalized spacial score (nSPS) is 10.7. The topological polar surface area (TPSA) is 38.8 Å². The number of hydroxylamine groups is 2. The number of nitrogens with zero attached hydrogens (tertiary/aromatic N) is 1. The van der Waals surface area contributed by atoms with E-state index in [1.165, 1.54) is 0 Å². The number of unbranched alkanes of at least 4 members (excludes halogenated alkanes) is 1. The quantitative estimate of drug-likeness (QED) is 0.508. The summed E-state index contributed by atoms with van der Waals surface area (Å²) in [7, 11) is 1.76. The molecule has 0 heterocycles. The second kappa shape index (κ2) is 9.53. The molecule has 0 radical (unpaired) electrons. The second-order valence-corrected chi connectivity index (χ2v) is 4.42. The van der Waals surface area contributed by atoms with Crippen molar-refractivity contribution in [1.29, 1.82) is 0 Å². The van der Waals surface area contributed by atoms with Crippen LogP contribution in [0, 0.1) is 0 Å². The Morgan fingerprint density at radius 2 is 1.84 bits per heavy atom. The average Bonchev–Trinajstić information content (AvgIpc) is 2.43. The van der Waals surface area contributed by atoms with Gasteiger partial charge in [0.25, 0.3) is 0 Å². The van der Waals surface area contributed by atoms with Gasteiger partial charge >= 0.3 is 5.97 Å². The highest BCUT2D eigenvalue weighted by Gasteiger charge is 2.09. The SMILES string of the molecule is CCCCOCCCN(C)OC(=O)c1ccccc1. The third-order valence-corrected chi connectivity index (χ3v) is 2.65. The van der Waals surface area contributed by atoms with Crippen LogP contribution in [0.3, 0.4) is 0 Å². The van der Waals surface area contributed by atoms with Crippen LogP contribution in [0.1, 0.15) is 36.5 Å². The van der Waals surface area contributed by atoms with Gasteiger partial charge in [0.05, 0.1) is 5.56 Å². The lowest BCUT2D eigenvalue weighted by atomic mass is 10.2. The van der Waals surface area contributed by atoms with Gasteiger partial charge in [0.15, 0.2) is 0 Å². The van der Waals surface area contributed by atoms with Crippen LogP contribution >= 0.6 is 0 Å². The highest BCUT2D eigenvalue weighted by atomic mass is 16.7. The molecule has 0 atom stereocenters. The molecule has 0 saturated heterocycles. The largest absolute Gasteiger partial charge is 0.381 e. The third-order valence-electron chi connectivity index (χ3n) is 2.65. The van der Waals surface area contributed by atoms with E-state index < -0.39 is 0 Å². The number of carbonyl (C=O) groups is 1. The number of hydrogen-bond acceptors (Lipinski definition) is 4. The Kier molecular flexibility index (Phi) is 7.86. The van der Waals surface area contributed by atoms with Crippen LogP contribution in [0.2, 0.25) is 0 Å². The van der Waals surface area contributed by atoms with E-state index in [-0.39, 0.29) is 5.97 Å². The van der Waals surface area contributed by atoms with Crippen molar-refractivity contribution in [2.45, 2.75) is 26.2 Å². The van der Waals surface area contributed by atoms with Gasteiger partial charge in [-0.2, -0.15) is 0 Å². The van der Waals surface area contributed by atoms with Gasteiger partial charge in [0, 0.05) is 26.8 Å². The van der Waals surface area contributed by atoms with Crippen LogP contribution in [0.4, 0.5) is 0 Å². The molecule has 0 amide bonds. The standard InChI is InChI=1S/C15H23NO3/c1-3-4-12-18-13-8-11-16(2)19-15(17)14-9-6-5-7-10-14/h5-7,9-10H,3-4,8,11-13H2,1-2H3.